The van der Waals surface area contributed by atoms with Crippen molar-refractivity contribution in [1.82, 2.24) is 34.7 Å². The molecule has 4 aromatic heterocycles. The first-order valence-electron chi connectivity index (χ1n) is 12.0. The number of hydrogen-bond acceptors (Lipinski definition) is 9. The molecule has 5 aromatic rings. The van der Waals surface area contributed by atoms with Crippen molar-refractivity contribution in [1.29, 1.82) is 0 Å². The Kier molecular flexibility index (Phi) is 6.73. The highest BCUT2D eigenvalue weighted by atomic mass is 35.5. The molecule has 0 spiro atoms. The van der Waals surface area contributed by atoms with Gasteiger partial charge in [-0.05, 0) is 65.2 Å². The minimum absolute atomic E-state index is 0.120. The summed E-state index contributed by atoms with van der Waals surface area (Å²) >= 11 is 6.84. The molecular formula is C25H14ClF4N7O4S. The molecule has 0 saturated carbocycles. The van der Waals surface area contributed by atoms with E-state index in [0.717, 1.165) is 6.07 Å². The number of esters is 2. The molecule has 11 nitrogen and oxygen atoms in total. The summed E-state index contributed by atoms with van der Waals surface area (Å²) in [4.78, 5) is 42.8. The Morgan fingerprint density at radius 2 is 1.95 bits per heavy atom. The monoisotopic (exact) mass is 619 g/mol. The number of nitrogens with one attached hydrogen (secondary N) is 1. The number of aromatic amines is 1. The van der Waals surface area contributed by atoms with Gasteiger partial charge in [0.2, 0.25) is 5.95 Å². The van der Waals surface area contributed by atoms with Crippen LogP contribution in [0.4, 0.5) is 17.6 Å². The van der Waals surface area contributed by atoms with Crippen LogP contribution in [0.5, 0.6) is 0 Å². The molecule has 0 saturated heterocycles. The molecule has 1 atom stereocenters. The van der Waals surface area contributed by atoms with Crippen LogP contribution in [-0.4, -0.2) is 52.9 Å². The number of thiophene rings is 1. The summed E-state index contributed by atoms with van der Waals surface area (Å²) in [5.41, 5.74) is 1.95. The molecule has 1 aromatic carbocycles. The third-order valence-electron chi connectivity index (χ3n) is 6.46. The normalized spacial score (nSPS) is 14.6. The van der Waals surface area contributed by atoms with Crippen molar-refractivity contribution in [3.05, 3.63) is 86.5 Å². The van der Waals surface area contributed by atoms with E-state index < -0.39 is 30.1 Å². The number of halogens is 5. The standard InChI is InChI=1S/C25H14ClF4N7O4S/c26-12-1-3-15(36-10-31-34-35-36)14(9-12)11-7-13-2-4-16(37(13)19(38)8-11)22-32-20(21(27)33-22)17-5-6-18(42-17)23(39)41-24(40)25(28,29)30/h1,3,5-10,16H,2,4H2,(H,32,33)/t16-/m0/s1. The van der Waals surface area contributed by atoms with Crippen LogP contribution in [0, 0.1) is 5.95 Å². The van der Waals surface area contributed by atoms with E-state index in [4.69, 9.17) is 11.6 Å². The van der Waals surface area contributed by atoms with Crippen LogP contribution >= 0.6 is 22.9 Å². The van der Waals surface area contributed by atoms with Gasteiger partial charge in [0.1, 0.15) is 22.7 Å². The van der Waals surface area contributed by atoms with Crippen LogP contribution in [0.1, 0.15) is 33.7 Å². The average molecular weight is 620 g/mol. The van der Waals surface area contributed by atoms with Gasteiger partial charge in [-0.3, -0.25) is 4.79 Å². The van der Waals surface area contributed by atoms with Gasteiger partial charge in [-0.2, -0.15) is 22.2 Å². The van der Waals surface area contributed by atoms with E-state index in [9.17, 15) is 31.9 Å². The van der Waals surface area contributed by atoms with Gasteiger partial charge in [0.05, 0.1) is 16.6 Å². The number of alkyl halides is 3. The molecule has 0 aliphatic carbocycles. The molecule has 1 aliphatic rings. The molecule has 0 fully saturated rings. The molecule has 214 valence electrons. The summed E-state index contributed by atoms with van der Waals surface area (Å²) in [6, 6.07) is 10.0. The number of hydrogen-bond donors (Lipinski definition) is 1. The van der Waals surface area contributed by atoms with Crippen LogP contribution in [0.25, 0.3) is 27.4 Å². The number of benzene rings is 1. The third kappa shape index (κ3) is 4.98. The van der Waals surface area contributed by atoms with Crippen molar-refractivity contribution < 1.29 is 31.9 Å². The van der Waals surface area contributed by atoms with Gasteiger partial charge in [0, 0.05) is 22.3 Å². The predicted octanol–water partition coefficient (Wildman–Crippen LogP) is 4.52. The van der Waals surface area contributed by atoms with Gasteiger partial charge in [-0.15, -0.1) is 16.4 Å². The van der Waals surface area contributed by atoms with Crippen molar-refractivity contribution in [2.24, 2.45) is 0 Å². The highest BCUT2D eigenvalue weighted by Crippen LogP contribution is 2.36. The lowest BCUT2D eigenvalue weighted by atomic mass is 10.0. The second-order valence-corrected chi connectivity index (χ2v) is 10.6. The Hall–Kier alpha value is -4.70. The average Bonchev–Trinajstić information content (AvgIpc) is 3.74. The number of rotatable bonds is 5. The SMILES string of the molecule is O=C(OC(=O)C(F)(F)F)c1ccc(-c2[nH]c([C@@H]3CCc4cc(-c5cc(Cl)ccc5-n5cnnn5)cc(=O)n43)nc2F)s1. The highest BCUT2D eigenvalue weighted by molar-refractivity contribution is 7.17. The fourth-order valence-corrected chi connectivity index (χ4v) is 5.73. The quantitative estimate of drug-likeness (QED) is 0.172. The van der Waals surface area contributed by atoms with E-state index in [2.05, 4.69) is 30.2 Å². The Labute approximate surface area is 240 Å². The van der Waals surface area contributed by atoms with E-state index in [1.54, 1.807) is 18.2 Å². The lowest BCUT2D eigenvalue weighted by molar-refractivity contribution is -0.193. The van der Waals surface area contributed by atoms with Crippen molar-refractivity contribution in [2.45, 2.75) is 25.1 Å². The molecule has 42 heavy (non-hydrogen) atoms. The number of carbonyl (C=O) groups is 2. The minimum Gasteiger partial charge on any atom is -0.382 e. The van der Waals surface area contributed by atoms with E-state index in [1.807, 2.05) is 6.07 Å². The van der Waals surface area contributed by atoms with Gasteiger partial charge in [-0.25, -0.2) is 14.6 Å². The summed E-state index contributed by atoms with van der Waals surface area (Å²) in [6.45, 7) is 0. The summed E-state index contributed by atoms with van der Waals surface area (Å²) in [7, 11) is 0. The van der Waals surface area contributed by atoms with Gasteiger partial charge < -0.3 is 14.3 Å². The molecule has 5 heterocycles. The number of fused-ring (bicyclic) bond motifs is 1. The molecule has 1 N–H and O–H groups in total. The number of pyridine rings is 1. The fourth-order valence-electron chi connectivity index (χ4n) is 4.68. The van der Waals surface area contributed by atoms with E-state index >= 15 is 0 Å². The molecule has 17 heteroatoms. The summed E-state index contributed by atoms with van der Waals surface area (Å²) in [6.07, 6.45) is -3.05. The number of imidazole rings is 1. The number of ether oxygens (including phenoxy) is 1. The van der Waals surface area contributed by atoms with E-state index in [1.165, 1.54) is 27.7 Å². The number of aryl methyl sites for hydroxylation is 1. The predicted molar refractivity (Wildman–Crippen MR) is 139 cm³/mol. The van der Waals surface area contributed by atoms with Crippen LogP contribution < -0.4 is 5.56 Å². The smallest absolute Gasteiger partial charge is 0.382 e. The zero-order valence-corrected chi connectivity index (χ0v) is 22.3. The zero-order valence-electron chi connectivity index (χ0n) is 20.7. The maximum absolute atomic E-state index is 14.9. The topological polar surface area (TPSA) is 138 Å². The Bertz CT molecular complexity index is 1920. The second kappa shape index (κ2) is 10.3. The molecule has 0 amide bonds. The van der Waals surface area contributed by atoms with Crippen LogP contribution in [0.15, 0.2) is 53.6 Å². The van der Waals surface area contributed by atoms with Crippen molar-refractivity contribution in [3.8, 4) is 27.4 Å². The number of nitrogens with zero attached hydrogens (tertiary/aromatic N) is 6. The summed E-state index contributed by atoms with van der Waals surface area (Å²) < 4.78 is 58.9. The number of tetrazole rings is 1. The molecular weight excluding hydrogens is 606 g/mol. The van der Waals surface area contributed by atoms with Crippen molar-refractivity contribution in [2.75, 3.05) is 0 Å². The van der Waals surface area contributed by atoms with Crippen LogP contribution in [0.2, 0.25) is 5.02 Å². The number of carbonyl (C=O) groups excluding carboxylic acids is 2. The Morgan fingerprint density at radius 1 is 1.14 bits per heavy atom. The molecule has 0 radical (unpaired) electrons. The van der Waals surface area contributed by atoms with Crippen molar-refractivity contribution >= 4 is 34.9 Å². The third-order valence-corrected chi connectivity index (χ3v) is 7.78. The second-order valence-electron chi connectivity index (χ2n) is 9.04. The van der Waals surface area contributed by atoms with Crippen LogP contribution in [-0.2, 0) is 16.0 Å². The largest absolute Gasteiger partial charge is 0.491 e. The van der Waals surface area contributed by atoms with Gasteiger partial charge in [0.25, 0.3) is 5.56 Å². The van der Waals surface area contributed by atoms with E-state index in [-0.39, 0.29) is 26.8 Å². The lowest BCUT2D eigenvalue weighted by Crippen LogP contribution is -2.27. The Morgan fingerprint density at radius 3 is 2.69 bits per heavy atom. The Balaban J connectivity index is 1.29. The minimum atomic E-state index is -5.35. The molecule has 0 unspecified atom stereocenters. The first-order valence-corrected chi connectivity index (χ1v) is 13.2. The summed E-state index contributed by atoms with van der Waals surface area (Å²) in [5, 5.41) is 11.7. The maximum Gasteiger partial charge on any atom is 0.491 e. The molecule has 1 aliphatic heterocycles. The molecule has 6 rings (SSSR count). The van der Waals surface area contributed by atoms with Crippen LogP contribution in [0.3, 0.4) is 0 Å². The lowest BCUT2D eigenvalue weighted by Gasteiger charge is -2.14. The number of aromatic nitrogens is 7. The van der Waals surface area contributed by atoms with Gasteiger partial charge >= 0.3 is 18.1 Å². The van der Waals surface area contributed by atoms with Gasteiger partial charge in [0.15, 0.2) is 0 Å². The van der Waals surface area contributed by atoms with Crippen molar-refractivity contribution in [3.63, 3.8) is 0 Å². The zero-order chi connectivity index (χ0) is 29.8. The van der Waals surface area contributed by atoms with E-state index in [0.29, 0.717) is 51.7 Å². The first-order chi connectivity index (χ1) is 20.0. The highest BCUT2D eigenvalue weighted by Gasteiger charge is 2.42. The molecule has 0 bridgehead atoms. The first kappa shape index (κ1) is 27.5. The van der Waals surface area contributed by atoms with Gasteiger partial charge in [-0.1, -0.05) is 11.6 Å². The fraction of sp³-hybridized carbons (Fsp3) is 0.160. The maximum atomic E-state index is 14.9. The number of H-pyrrole nitrogens is 1. The summed E-state index contributed by atoms with van der Waals surface area (Å²) in [5.74, 6) is -4.99.